The molecule has 0 aliphatic heterocycles. The minimum Gasteiger partial charge on any atom is -0.466 e. The third-order valence-corrected chi connectivity index (χ3v) is 6.02. The summed E-state index contributed by atoms with van der Waals surface area (Å²) < 4.78 is 18.2. The van der Waals surface area contributed by atoms with E-state index in [1.807, 2.05) is 31.4 Å². The number of amides is 2. The van der Waals surface area contributed by atoms with Crippen LogP contribution in [0.5, 0.6) is 0 Å². The van der Waals surface area contributed by atoms with Crippen LogP contribution in [-0.2, 0) is 32.2 Å². The first-order valence-electron chi connectivity index (χ1n) is 10.8. The topological polar surface area (TPSA) is 66.9 Å². The van der Waals surface area contributed by atoms with E-state index in [1.165, 1.54) is 17.0 Å². The molecule has 1 heterocycles. The normalized spacial score (nSPS) is 11.6. The number of carbonyl (C=O) groups excluding carboxylic acids is 3. The van der Waals surface area contributed by atoms with E-state index in [2.05, 4.69) is 0 Å². The Morgan fingerprint density at radius 1 is 1.03 bits per heavy atom. The van der Waals surface area contributed by atoms with Gasteiger partial charge in [-0.2, -0.15) is 0 Å². The number of hydrogen-bond donors (Lipinski definition) is 0. The number of benzene rings is 1. The number of nitrogens with zero attached hydrogens (tertiary/aromatic N) is 2. The zero-order chi connectivity index (χ0) is 23.5. The van der Waals surface area contributed by atoms with Crippen molar-refractivity contribution in [3.05, 3.63) is 58.0 Å². The van der Waals surface area contributed by atoms with Gasteiger partial charge in [-0.3, -0.25) is 14.4 Å². The van der Waals surface area contributed by atoms with Crippen LogP contribution >= 0.6 is 11.3 Å². The largest absolute Gasteiger partial charge is 0.466 e. The van der Waals surface area contributed by atoms with Gasteiger partial charge in [-0.05, 0) is 49.4 Å². The number of rotatable bonds is 12. The molecule has 8 heteroatoms. The quantitative estimate of drug-likeness (QED) is 0.439. The third kappa shape index (κ3) is 8.07. The average molecular weight is 463 g/mol. The van der Waals surface area contributed by atoms with E-state index in [-0.39, 0.29) is 49.7 Å². The maximum Gasteiger partial charge on any atom is 0.306 e. The highest BCUT2D eigenvalue weighted by Crippen LogP contribution is 2.17. The summed E-state index contributed by atoms with van der Waals surface area (Å²) in [4.78, 5) is 42.0. The molecule has 0 saturated heterocycles. The van der Waals surface area contributed by atoms with Crippen LogP contribution in [0.3, 0.4) is 0 Å². The Labute approximate surface area is 193 Å². The van der Waals surface area contributed by atoms with Crippen molar-refractivity contribution in [3.63, 3.8) is 0 Å². The zero-order valence-corrected chi connectivity index (χ0v) is 19.7. The maximum atomic E-state index is 13.3. The lowest BCUT2D eigenvalue weighted by atomic mass is 10.1. The molecule has 0 aliphatic rings. The van der Waals surface area contributed by atoms with Gasteiger partial charge in [0, 0.05) is 23.9 Å². The summed E-state index contributed by atoms with van der Waals surface area (Å²) >= 11 is 1.55. The van der Waals surface area contributed by atoms with E-state index in [9.17, 15) is 18.8 Å². The lowest BCUT2D eigenvalue weighted by Crippen LogP contribution is -2.46. The molecule has 1 aromatic heterocycles. The highest BCUT2D eigenvalue weighted by atomic mass is 32.1. The van der Waals surface area contributed by atoms with Crippen LogP contribution < -0.4 is 0 Å². The van der Waals surface area contributed by atoms with E-state index in [0.717, 1.165) is 10.4 Å². The molecular weight excluding hydrogens is 431 g/mol. The molecule has 0 spiro atoms. The van der Waals surface area contributed by atoms with E-state index in [0.29, 0.717) is 19.5 Å². The summed E-state index contributed by atoms with van der Waals surface area (Å²) in [6.45, 7) is 6.45. The number of thiophene rings is 1. The van der Waals surface area contributed by atoms with Crippen molar-refractivity contribution in [2.45, 2.75) is 59.2 Å². The Kier molecular flexibility index (Phi) is 10.3. The molecule has 1 atom stereocenters. The molecule has 0 saturated carbocycles. The van der Waals surface area contributed by atoms with Gasteiger partial charge in [0.2, 0.25) is 11.8 Å². The molecule has 0 radical (unpaired) electrons. The van der Waals surface area contributed by atoms with Gasteiger partial charge in [-0.15, -0.1) is 11.3 Å². The number of carbonyl (C=O) groups is 3. The Balaban J connectivity index is 2.13. The Morgan fingerprint density at radius 2 is 1.75 bits per heavy atom. The van der Waals surface area contributed by atoms with Crippen molar-refractivity contribution < 1.29 is 23.5 Å². The summed E-state index contributed by atoms with van der Waals surface area (Å²) in [6.07, 6.45) is 0.670. The molecule has 174 valence electrons. The number of halogens is 1. The maximum absolute atomic E-state index is 13.3. The highest BCUT2D eigenvalue weighted by Gasteiger charge is 2.25. The van der Waals surface area contributed by atoms with Crippen molar-refractivity contribution in [2.24, 2.45) is 0 Å². The van der Waals surface area contributed by atoms with Gasteiger partial charge in [0.1, 0.15) is 12.4 Å². The molecule has 6 nitrogen and oxygen atoms in total. The second-order valence-corrected chi connectivity index (χ2v) is 8.57. The summed E-state index contributed by atoms with van der Waals surface area (Å²) in [5, 5.41) is 1.94. The molecule has 1 aromatic carbocycles. The fourth-order valence-electron chi connectivity index (χ4n) is 3.17. The van der Waals surface area contributed by atoms with Crippen molar-refractivity contribution in [3.8, 4) is 0 Å². The predicted octanol–water partition coefficient (Wildman–Crippen LogP) is 4.39. The molecule has 0 unspecified atom stereocenters. The summed E-state index contributed by atoms with van der Waals surface area (Å²) in [5.74, 6) is -1.21. The lowest BCUT2D eigenvalue weighted by Gasteiger charge is -2.31. The van der Waals surface area contributed by atoms with Crippen LogP contribution in [0.1, 0.15) is 50.5 Å². The van der Waals surface area contributed by atoms with Crippen LogP contribution in [0.15, 0.2) is 41.8 Å². The Hall–Kier alpha value is -2.74. The second-order valence-electron chi connectivity index (χ2n) is 7.54. The molecule has 2 amide bonds. The minimum absolute atomic E-state index is 0.000655. The SMILES string of the molecule is CCOC(=O)CCC(=O)N(CC(=O)N(Cc1ccc(F)cc1)Cc1cccs1)[C@@H](C)CC. The van der Waals surface area contributed by atoms with E-state index < -0.39 is 5.97 Å². The first-order valence-corrected chi connectivity index (χ1v) is 11.7. The zero-order valence-electron chi connectivity index (χ0n) is 18.9. The van der Waals surface area contributed by atoms with Gasteiger partial charge in [-0.1, -0.05) is 25.1 Å². The van der Waals surface area contributed by atoms with Crippen LogP contribution in [0.25, 0.3) is 0 Å². The van der Waals surface area contributed by atoms with E-state index in [1.54, 1.807) is 35.3 Å². The summed E-state index contributed by atoms with van der Waals surface area (Å²) in [5.41, 5.74) is 0.806. The lowest BCUT2D eigenvalue weighted by molar-refractivity contribution is -0.147. The van der Waals surface area contributed by atoms with Crippen LogP contribution in [0, 0.1) is 5.82 Å². The van der Waals surface area contributed by atoms with E-state index in [4.69, 9.17) is 4.74 Å². The molecule has 32 heavy (non-hydrogen) atoms. The van der Waals surface area contributed by atoms with Gasteiger partial charge in [0.15, 0.2) is 0 Å². The molecule has 2 rings (SSSR count). The predicted molar refractivity (Wildman–Crippen MR) is 122 cm³/mol. The van der Waals surface area contributed by atoms with Crippen molar-refractivity contribution in [1.29, 1.82) is 0 Å². The van der Waals surface area contributed by atoms with Gasteiger partial charge in [0.25, 0.3) is 0 Å². The Bertz CT molecular complexity index is 871. The summed E-state index contributed by atoms with van der Waals surface area (Å²) in [7, 11) is 0. The first-order chi connectivity index (χ1) is 15.3. The van der Waals surface area contributed by atoms with Crippen LogP contribution in [0.4, 0.5) is 4.39 Å². The van der Waals surface area contributed by atoms with Crippen LogP contribution in [-0.4, -0.2) is 46.8 Å². The van der Waals surface area contributed by atoms with Gasteiger partial charge < -0.3 is 14.5 Å². The molecule has 0 N–H and O–H groups in total. The molecule has 0 fully saturated rings. The van der Waals surface area contributed by atoms with Gasteiger partial charge in [-0.25, -0.2) is 4.39 Å². The number of ether oxygens (including phenoxy) is 1. The standard InChI is InChI=1S/C24H31FN2O4S/c1-4-18(3)27(22(28)12-13-24(30)31-5-2)17-23(29)26(16-21-7-6-14-32-21)15-19-8-10-20(25)11-9-19/h6-11,14,18H,4-5,12-13,15-17H2,1-3H3/t18-/m0/s1. The fourth-order valence-corrected chi connectivity index (χ4v) is 3.89. The van der Waals surface area contributed by atoms with Crippen molar-refractivity contribution in [1.82, 2.24) is 9.80 Å². The van der Waals surface area contributed by atoms with E-state index >= 15 is 0 Å². The van der Waals surface area contributed by atoms with Crippen LogP contribution in [0.2, 0.25) is 0 Å². The molecular formula is C24H31FN2O4S. The monoisotopic (exact) mass is 462 g/mol. The number of hydrogen-bond acceptors (Lipinski definition) is 5. The highest BCUT2D eigenvalue weighted by molar-refractivity contribution is 7.09. The van der Waals surface area contributed by atoms with Gasteiger partial charge >= 0.3 is 5.97 Å². The first kappa shape index (κ1) is 25.5. The summed E-state index contributed by atoms with van der Waals surface area (Å²) in [6, 6.07) is 9.77. The number of esters is 1. The van der Waals surface area contributed by atoms with Gasteiger partial charge in [0.05, 0.1) is 19.6 Å². The Morgan fingerprint density at radius 3 is 2.34 bits per heavy atom. The van der Waals surface area contributed by atoms with Crippen molar-refractivity contribution >= 4 is 29.1 Å². The van der Waals surface area contributed by atoms with Crippen molar-refractivity contribution in [2.75, 3.05) is 13.2 Å². The second kappa shape index (κ2) is 13.0. The molecule has 0 bridgehead atoms. The smallest absolute Gasteiger partial charge is 0.306 e. The third-order valence-electron chi connectivity index (χ3n) is 5.16. The average Bonchev–Trinajstić information content (AvgIpc) is 3.29. The molecule has 0 aliphatic carbocycles. The fraction of sp³-hybridized carbons (Fsp3) is 0.458. The minimum atomic E-state index is -0.424. The molecule has 2 aromatic rings.